The lowest BCUT2D eigenvalue weighted by atomic mass is 10.4. The van der Waals surface area contributed by atoms with Crippen LogP contribution in [-0.4, -0.2) is 15.2 Å². The van der Waals surface area contributed by atoms with Gasteiger partial charge in [0.15, 0.2) is 0 Å². The van der Waals surface area contributed by atoms with Crippen LogP contribution in [0.3, 0.4) is 0 Å². The van der Waals surface area contributed by atoms with Crippen LogP contribution in [0.25, 0.3) is 0 Å². The number of nitrogens with zero attached hydrogens (tertiary/aromatic N) is 1. The Morgan fingerprint density at radius 2 is 2.21 bits per heavy atom. The Morgan fingerprint density at radius 3 is 2.71 bits per heavy atom. The molecule has 0 spiro atoms. The SMILES string of the molecule is Cc1[nH]c(CSC(C)C)nc(=S)c1Br. The summed E-state index contributed by atoms with van der Waals surface area (Å²) in [7, 11) is 0. The highest BCUT2D eigenvalue weighted by molar-refractivity contribution is 9.10. The molecule has 0 aliphatic rings. The van der Waals surface area contributed by atoms with Crippen LogP contribution in [0.4, 0.5) is 0 Å². The van der Waals surface area contributed by atoms with Crippen LogP contribution in [0.5, 0.6) is 0 Å². The van der Waals surface area contributed by atoms with E-state index in [1.807, 2.05) is 18.7 Å². The summed E-state index contributed by atoms with van der Waals surface area (Å²) in [5.41, 5.74) is 1.05. The van der Waals surface area contributed by atoms with Crippen molar-refractivity contribution in [1.82, 2.24) is 9.97 Å². The quantitative estimate of drug-likeness (QED) is 0.858. The third-order valence-corrected chi connectivity index (χ3v) is 4.27. The van der Waals surface area contributed by atoms with Gasteiger partial charge >= 0.3 is 0 Å². The number of hydrogen-bond donors (Lipinski definition) is 1. The molecular formula is C9H13BrN2S2. The van der Waals surface area contributed by atoms with Crippen molar-refractivity contribution in [2.45, 2.75) is 31.8 Å². The second-order valence-corrected chi connectivity index (χ2v) is 6.03. The minimum Gasteiger partial charge on any atom is -0.346 e. The first-order valence-electron chi connectivity index (χ1n) is 4.37. The Labute approximate surface area is 102 Å². The van der Waals surface area contributed by atoms with Crippen LogP contribution in [0.15, 0.2) is 4.47 Å². The highest BCUT2D eigenvalue weighted by Gasteiger charge is 2.03. The minimum atomic E-state index is 0.614. The molecular weight excluding hydrogens is 280 g/mol. The van der Waals surface area contributed by atoms with Crippen molar-refractivity contribution in [1.29, 1.82) is 0 Å². The number of thioether (sulfide) groups is 1. The Kier molecular flexibility index (Phi) is 4.60. The van der Waals surface area contributed by atoms with E-state index >= 15 is 0 Å². The van der Waals surface area contributed by atoms with Crippen LogP contribution in [0.2, 0.25) is 0 Å². The minimum absolute atomic E-state index is 0.614. The molecule has 0 aliphatic carbocycles. The molecule has 0 fully saturated rings. The predicted octanol–water partition coefficient (Wildman–Crippen LogP) is 3.85. The fourth-order valence-electron chi connectivity index (χ4n) is 0.945. The predicted molar refractivity (Wildman–Crippen MR) is 68.3 cm³/mol. The molecule has 0 bridgehead atoms. The van der Waals surface area contributed by atoms with E-state index in [4.69, 9.17) is 12.2 Å². The van der Waals surface area contributed by atoms with E-state index in [0.29, 0.717) is 9.89 Å². The largest absolute Gasteiger partial charge is 0.346 e. The lowest BCUT2D eigenvalue weighted by Crippen LogP contribution is -1.99. The van der Waals surface area contributed by atoms with Gasteiger partial charge in [-0.3, -0.25) is 0 Å². The Morgan fingerprint density at radius 1 is 1.57 bits per heavy atom. The van der Waals surface area contributed by atoms with E-state index in [2.05, 4.69) is 39.7 Å². The van der Waals surface area contributed by atoms with Crippen LogP contribution >= 0.6 is 39.9 Å². The molecule has 0 amide bonds. The summed E-state index contributed by atoms with van der Waals surface area (Å²) >= 11 is 10.4. The monoisotopic (exact) mass is 292 g/mol. The van der Waals surface area contributed by atoms with Gasteiger partial charge in [-0.15, -0.1) is 0 Å². The Bertz CT molecular complexity index is 374. The fraction of sp³-hybridized carbons (Fsp3) is 0.556. The highest BCUT2D eigenvalue weighted by Crippen LogP contribution is 2.18. The second kappa shape index (κ2) is 5.28. The second-order valence-electron chi connectivity index (χ2n) is 3.29. The van der Waals surface area contributed by atoms with Gasteiger partial charge in [-0.1, -0.05) is 26.1 Å². The van der Waals surface area contributed by atoms with Crippen LogP contribution in [0, 0.1) is 11.6 Å². The summed E-state index contributed by atoms with van der Waals surface area (Å²) < 4.78 is 1.53. The Balaban J connectivity index is 2.85. The van der Waals surface area contributed by atoms with Gasteiger partial charge in [-0.05, 0) is 28.1 Å². The first kappa shape index (κ1) is 12.2. The van der Waals surface area contributed by atoms with Gasteiger partial charge in [0.1, 0.15) is 10.5 Å². The van der Waals surface area contributed by atoms with Crippen molar-refractivity contribution < 1.29 is 0 Å². The molecule has 0 unspecified atom stereocenters. The molecule has 0 saturated heterocycles. The molecule has 1 N–H and O–H groups in total. The van der Waals surface area contributed by atoms with Crippen molar-refractivity contribution in [3.05, 3.63) is 20.6 Å². The Hall–Kier alpha value is 0.130. The molecule has 0 atom stereocenters. The summed E-state index contributed by atoms with van der Waals surface area (Å²) in [6, 6.07) is 0. The van der Waals surface area contributed by atoms with Gasteiger partial charge in [0.25, 0.3) is 0 Å². The van der Waals surface area contributed by atoms with Crippen molar-refractivity contribution in [2.75, 3.05) is 0 Å². The number of aryl methyl sites for hydroxylation is 1. The molecule has 78 valence electrons. The average molecular weight is 293 g/mol. The third-order valence-electron chi connectivity index (χ3n) is 1.64. The molecule has 2 nitrogen and oxygen atoms in total. The van der Waals surface area contributed by atoms with Gasteiger partial charge in [0.2, 0.25) is 0 Å². The molecule has 1 rings (SSSR count). The van der Waals surface area contributed by atoms with E-state index < -0.39 is 0 Å². The first-order chi connectivity index (χ1) is 6.50. The molecule has 0 saturated carbocycles. The highest BCUT2D eigenvalue weighted by atomic mass is 79.9. The number of halogens is 1. The fourth-order valence-corrected chi connectivity index (χ4v) is 2.02. The maximum absolute atomic E-state index is 5.12. The third kappa shape index (κ3) is 3.37. The summed E-state index contributed by atoms with van der Waals surface area (Å²) in [5.74, 6) is 1.84. The normalized spacial score (nSPS) is 10.9. The van der Waals surface area contributed by atoms with Gasteiger partial charge in [-0.2, -0.15) is 11.8 Å². The van der Waals surface area contributed by atoms with Crippen molar-refractivity contribution in [3.63, 3.8) is 0 Å². The summed E-state index contributed by atoms with van der Waals surface area (Å²) in [5, 5.41) is 0.614. The zero-order valence-electron chi connectivity index (χ0n) is 8.43. The van der Waals surface area contributed by atoms with E-state index in [-0.39, 0.29) is 0 Å². The van der Waals surface area contributed by atoms with Crippen molar-refractivity contribution in [2.24, 2.45) is 0 Å². The number of aromatic amines is 1. The summed E-state index contributed by atoms with van der Waals surface area (Å²) in [6.07, 6.45) is 0. The summed E-state index contributed by atoms with van der Waals surface area (Å²) in [6.45, 7) is 6.33. The van der Waals surface area contributed by atoms with Crippen LogP contribution in [-0.2, 0) is 5.75 Å². The first-order valence-corrected chi connectivity index (χ1v) is 6.62. The molecule has 1 aromatic heterocycles. The van der Waals surface area contributed by atoms with Gasteiger partial charge in [-0.25, -0.2) is 4.98 Å². The smallest absolute Gasteiger partial charge is 0.144 e. The molecule has 0 radical (unpaired) electrons. The van der Waals surface area contributed by atoms with E-state index in [9.17, 15) is 0 Å². The molecule has 0 aromatic carbocycles. The number of rotatable bonds is 3. The number of hydrogen-bond acceptors (Lipinski definition) is 3. The molecule has 1 heterocycles. The van der Waals surface area contributed by atoms with E-state index in [1.165, 1.54) is 0 Å². The summed E-state index contributed by atoms with van der Waals surface area (Å²) in [4.78, 5) is 7.52. The van der Waals surface area contributed by atoms with E-state index in [0.717, 1.165) is 21.7 Å². The molecule has 0 aliphatic heterocycles. The standard InChI is InChI=1S/C9H13BrN2S2/c1-5(2)14-4-7-11-6(3)8(10)9(13)12-7/h5H,4H2,1-3H3,(H,11,12,13). The topological polar surface area (TPSA) is 28.7 Å². The molecule has 5 heteroatoms. The van der Waals surface area contributed by atoms with Gasteiger partial charge < -0.3 is 4.98 Å². The van der Waals surface area contributed by atoms with Crippen LogP contribution in [0.1, 0.15) is 25.4 Å². The molecule has 14 heavy (non-hydrogen) atoms. The zero-order chi connectivity index (χ0) is 10.7. The number of aromatic nitrogens is 2. The van der Waals surface area contributed by atoms with Crippen molar-refractivity contribution in [3.8, 4) is 0 Å². The molecule has 1 aromatic rings. The van der Waals surface area contributed by atoms with Crippen LogP contribution < -0.4 is 0 Å². The number of H-pyrrole nitrogens is 1. The van der Waals surface area contributed by atoms with E-state index in [1.54, 1.807) is 0 Å². The maximum Gasteiger partial charge on any atom is 0.144 e. The average Bonchev–Trinajstić information content (AvgIpc) is 2.10. The lowest BCUT2D eigenvalue weighted by molar-refractivity contribution is 0.968. The maximum atomic E-state index is 5.12. The zero-order valence-corrected chi connectivity index (χ0v) is 11.6. The van der Waals surface area contributed by atoms with Gasteiger partial charge in [0, 0.05) is 5.69 Å². The van der Waals surface area contributed by atoms with Crippen molar-refractivity contribution >= 4 is 39.9 Å². The van der Waals surface area contributed by atoms with Gasteiger partial charge in [0.05, 0.1) is 10.2 Å². The number of nitrogens with one attached hydrogen (secondary N) is 1. The lowest BCUT2D eigenvalue weighted by Gasteiger charge is -2.06.